The number of carbonyl (C=O) groups excluding carboxylic acids is 3. The molecule has 3 atom stereocenters. The number of carbonyl (C=O) groups is 3. The molecule has 1 saturated heterocycles. The summed E-state index contributed by atoms with van der Waals surface area (Å²) in [6.07, 6.45) is 3.85. The number of phenols is 1. The van der Waals surface area contributed by atoms with Crippen LogP contribution in [0.4, 0.5) is 0 Å². The molecule has 0 aliphatic carbocycles. The highest BCUT2D eigenvalue weighted by molar-refractivity contribution is 6.35. The number of nitrogens with one attached hydrogen (secondary N) is 3. The summed E-state index contributed by atoms with van der Waals surface area (Å²) in [6.45, 7) is 3.68. The number of amides is 2. The van der Waals surface area contributed by atoms with Crippen LogP contribution >= 0.6 is 23.2 Å². The molecular formula is C32H35Cl2N3O5. The van der Waals surface area contributed by atoms with Crippen molar-refractivity contribution in [3.8, 4) is 5.75 Å². The Morgan fingerprint density at radius 2 is 1.79 bits per heavy atom. The van der Waals surface area contributed by atoms with Crippen molar-refractivity contribution >= 4 is 41.0 Å². The van der Waals surface area contributed by atoms with Gasteiger partial charge in [-0.05, 0) is 79.8 Å². The van der Waals surface area contributed by atoms with E-state index in [1.165, 1.54) is 6.42 Å². The second-order valence-electron chi connectivity index (χ2n) is 10.1. The van der Waals surface area contributed by atoms with Crippen LogP contribution in [-0.4, -0.2) is 48.6 Å². The number of ether oxygens (including phenoxy) is 1. The molecule has 0 aromatic heterocycles. The Bertz CT molecular complexity index is 1390. The van der Waals surface area contributed by atoms with Crippen molar-refractivity contribution in [3.05, 3.63) is 99.0 Å². The molecule has 10 heteroatoms. The smallest absolute Gasteiger partial charge is 0.323 e. The van der Waals surface area contributed by atoms with E-state index < -0.39 is 12.0 Å². The quantitative estimate of drug-likeness (QED) is 0.269. The number of piperidine rings is 1. The zero-order chi connectivity index (χ0) is 30.1. The van der Waals surface area contributed by atoms with E-state index in [1.807, 2.05) is 25.1 Å². The molecule has 222 valence electrons. The fourth-order valence-corrected chi connectivity index (χ4v) is 5.69. The van der Waals surface area contributed by atoms with Crippen LogP contribution in [0.1, 0.15) is 65.2 Å². The molecule has 4 N–H and O–H groups in total. The third-order valence-electron chi connectivity index (χ3n) is 7.27. The lowest BCUT2D eigenvalue weighted by Crippen LogP contribution is -2.45. The minimum absolute atomic E-state index is 0.0382. The van der Waals surface area contributed by atoms with Crippen molar-refractivity contribution in [2.24, 2.45) is 0 Å². The average molecular weight is 613 g/mol. The van der Waals surface area contributed by atoms with Gasteiger partial charge in [0.05, 0.1) is 18.6 Å². The van der Waals surface area contributed by atoms with Gasteiger partial charge in [0.2, 0.25) is 5.91 Å². The summed E-state index contributed by atoms with van der Waals surface area (Å²) in [6, 6.07) is 18.3. The van der Waals surface area contributed by atoms with Gasteiger partial charge in [-0.1, -0.05) is 66.0 Å². The Kier molecular flexibility index (Phi) is 11.2. The molecular weight excluding hydrogens is 577 g/mol. The fourth-order valence-electron chi connectivity index (χ4n) is 5.16. The fraction of sp³-hybridized carbons (Fsp3) is 0.344. The first-order valence-corrected chi connectivity index (χ1v) is 14.8. The van der Waals surface area contributed by atoms with Gasteiger partial charge in [0, 0.05) is 22.2 Å². The van der Waals surface area contributed by atoms with Crippen LogP contribution in [-0.2, 0) is 20.7 Å². The van der Waals surface area contributed by atoms with E-state index in [0.29, 0.717) is 46.3 Å². The van der Waals surface area contributed by atoms with E-state index in [2.05, 4.69) is 16.0 Å². The van der Waals surface area contributed by atoms with Crippen molar-refractivity contribution in [1.82, 2.24) is 16.0 Å². The van der Waals surface area contributed by atoms with Gasteiger partial charge in [0.15, 0.2) is 0 Å². The SMILES string of the molecule is CCOC(=O)C1CCCCN1.O=C1NC(c2ccc(Cl)cc2Cl)C(C(=O)NCCc2ccc(O)cc2)c2ccccc21. The first kappa shape index (κ1) is 31.3. The number of halogens is 2. The normalized spacial score (nSPS) is 19.4. The standard InChI is InChI=1S/C24H20Cl2N2O3.C8H15NO2/c25-15-7-10-19(20(26)13-15)22-21(17-3-1-2-4-18(17)23(30)28-22)24(31)27-12-11-14-5-8-16(29)9-6-14;1-2-11-8(10)7-5-3-4-6-9-7/h1-10,13,21-22,29H,11-12H2,(H,27,31)(H,28,30);7,9H,2-6H2,1H3. The van der Waals surface area contributed by atoms with Gasteiger partial charge < -0.3 is 25.8 Å². The second-order valence-corrected chi connectivity index (χ2v) is 11.0. The average Bonchev–Trinajstić information content (AvgIpc) is 2.99. The molecule has 5 rings (SSSR count). The summed E-state index contributed by atoms with van der Waals surface area (Å²) < 4.78 is 4.88. The van der Waals surface area contributed by atoms with E-state index in [4.69, 9.17) is 27.9 Å². The molecule has 0 bridgehead atoms. The lowest BCUT2D eigenvalue weighted by atomic mass is 9.80. The van der Waals surface area contributed by atoms with Crippen LogP contribution in [0, 0.1) is 0 Å². The van der Waals surface area contributed by atoms with Gasteiger partial charge in [-0.2, -0.15) is 0 Å². The predicted octanol–water partition coefficient (Wildman–Crippen LogP) is 5.32. The number of hydrogen-bond acceptors (Lipinski definition) is 6. The molecule has 42 heavy (non-hydrogen) atoms. The van der Waals surface area contributed by atoms with Crippen LogP contribution in [0.25, 0.3) is 0 Å². The lowest BCUT2D eigenvalue weighted by molar-refractivity contribution is -0.146. The maximum atomic E-state index is 13.3. The van der Waals surface area contributed by atoms with E-state index in [-0.39, 0.29) is 29.6 Å². The highest BCUT2D eigenvalue weighted by Crippen LogP contribution is 2.40. The van der Waals surface area contributed by atoms with E-state index in [1.54, 1.807) is 48.5 Å². The zero-order valence-electron chi connectivity index (χ0n) is 23.4. The van der Waals surface area contributed by atoms with Crippen LogP contribution in [0.15, 0.2) is 66.7 Å². The monoisotopic (exact) mass is 611 g/mol. The second kappa shape index (κ2) is 15.0. The summed E-state index contributed by atoms with van der Waals surface area (Å²) in [4.78, 5) is 37.1. The largest absolute Gasteiger partial charge is 0.508 e. The summed E-state index contributed by atoms with van der Waals surface area (Å²) >= 11 is 12.5. The maximum absolute atomic E-state index is 13.3. The van der Waals surface area contributed by atoms with Gasteiger partial charge in [0.25, 0.3) is 5.91 Å². The molecule has 0 radical (unpaired) electrons. The predicted molar refractivity (Wildman–Crippen MR) is 163 cm³/mol. The number of hydrogen-bond donors (Lipinski definition) is 4. The van der Waals surface area contributed by atoms with Crippen molar-refractivity contribution < 1.29 is 24.2 Å². The highest BCUT2D eigenvalue weighted by Gasteiger charge is 2.39. The van der Waals surface area contributed by atoms with Crippen molar-refractivity contribution in [2.45, 2.75) is 50.6 Å². The third kappa shape index (κ3) is 8.03. The van der Waals surface area contributed by atoms with Gasteiger partial charge in [-0.3, -0.25) is 14.4 Å². The maximum Gasteiger partial charge on any atom is 0.323 e. The van der Waals surface area contributed by atoms with E-state index in [0.717, 1.165) is 24.9 Å². The summed E-state index contributed by atoms with van der Waals surface area (Å²) in [7, 11) is 0. The minimum atomic E-state index is -0.646. The number of esters is 1. The van der Waals surface area contributed by atoms with Crippen LogP contribution in [0.2, 0.25) is 10.0 Å². The van der Waals surface area contributed by atoms with Gasteiger partial charge in [-0.25, -0.2) is 0 Å². The molecule has 2 amide bonds. The topological polar surface area (TPSA) is 117 Å². The molecule has 0 saturated carbocycles. The number of rotatable bonds is 7. The summed E-state index contributed by atoms with van der Waals surface area (Å²) in [5.74, 6) is -0.994. The number of aromatic hydroxyl groups is 1. The van der Waals surface area contributed by atoms with Crippen molar-refractivity contribution in [1.29, 1.82) is 0 Å². The zero-order valence-corrected chi connectivity index (χ0v) is 24.9. The lowest BCUT2D eigenvalue weighted by Gasteiger charge is -2.34. The Morgan fingerprint density at radius 3 is 2.48 bits per heavy atom. The van der Waals surface area contributed by atoms with Gasteiger partial charge >= 0.3 is 5.97 Å². The molecule has 2 aliphatic rings. The van der Waals surface area contributed by atoms with Crippen molar-refractivity contribution in [2.75, 3.05) is 19.7 Å². The van der Waals surface area contributed by atoms with E-state index in [9.17, 15) is 19.5 Å². The van der Waals surface area contributed by atoms with Gasteiger partial charge in [0.1, 0.15) is 11.8 Å². The van der Waals surface area contributed by atoms with Crippen molar-refractivity contribution in [3.63, 3.8) is 0 Å². The third-order valence-corrected chi connectivity index (χ3v) is 7.83. The molecule has 2 heterocycles. The minimum Gasteiger partial charge on any atom is -0.508 e. The Hall–Kier alpha value is -3.59. The van der Waals surface area contributed by atoms with Crippen LogP contribution in [0.5, 0.6) is 5.75 Å². The molecule has 3 aromatic rings. The number of fused-ring (bicyclic) bond motifs is 1. The molecule has 1 fully saturated rings. The summed E-state index contributed by atoms with van der Waals surface area (Å²) in [5.41, 5.74) is 2.76. The number of benzene rings is 3. The molecule has 3 aromatic carbocycles. The molecule has 3 unspecified atom stereocenters. The van der Waals surface area contributed by atoms with Crippen LogP contribution < -0.4 is 16.0 Å². The van der Waals surface area contributed by atoms with Gasteiger partial charge in [-0.15, -0.1) is 0 Å². The Balaban J connectivity index is 0.000000310. The molecule has 0 spiro atoms. The first-order valence-electron chi connectivity index (χ1n) is 14.1. The summed E-state index contributed by atoms with van der Waals surface area (Å²) in [5, 5.41) is 19.3. The van der Waals surface area contributed by atoms with E-state index >= 15 is 0 Å². The number of phenolic OH excluding ortho intramolecular Hbond substituents is 1. The first-order chi connectivity index (χ1) is 20.3. The Labute approximate surface area is 255 Å². The highest BCUT2D eigenvalue weighted by atomic mass is 35.5. The Morgan fingerprint density at radius 1 is 1.02 bits per heavy atom. The van der Waals surface area contributed by atoms with Crippen LogP contribution in [0.3, 0.4) is 0 Å². The molecule has 2 aliphatic heterocycles. The molecule has 8 nitrogen and oxygen atoms in total.